The minimum Gasteiger partial charge on any atom is -0.481 e. The van der Waals surface area contributed by atoms with E-state index in [4.69, 9.17) is 5.11 Å². The van der Waals surface area contributed by atoms with Gasteiger partial charge >= 0.3 is 5.97 Å². The fourth-order valence-corrected chi connectivity index (χ4v) is 3.26. The highest BCUT2D eigenvalue weighted by Gasteiger charge is 2.33. The lowest BCUT2D eigenvalue weighted by Gasteiger charge is -2.12. The zero-order chi connectivity index (χ0) is 18.7. The quantitative estimate of drug-likeness (QED) is 0.762. The Kier molecular flexibility index (Phi) is 5.16. The number of carboxylic acids is 1. The summed E-state index contributed by atoms with van der Waals surface area (Å²) >= 11 is 0. The van der Waals surface area contributed by atoms with E-state index in [1.165, 1.54) is 6.07 Å². The summed E-state index contributed by atoms with van der Waals surface area (Å²) in [4.78, 5) is 42.3. The molecule has 2 aromatic rings. The van der Waals surface area contributed by atoms with Crippen LogP contribution in [0.4, 0.5) is 5.69 Å². The highest BCUT2D eigenvalue weighted by Crippen LogP contribution is 2.32. The molecule has 7 nitrogen and oxygen atoms in total. The highest BCUT2D eigenvalue weighted by molar-refractivity contribution is 5.93. The Morgan fingerprint density at radius 3 is 2.73 bits per heavy atom. The molecule has 1 aliphatic carbocycles. The van der Waals surface area contributed by atoms with Gasteiger partial charge in [-0.15, -0.1) is 0 Å². The normalized spacial score (nSPS) is 19.3. The maximum atomic E-state index is 12.4. The molecule has 1 aromatic heterocycles. The van der Waals surface area contributed by atoms with Gasteiger partial charge in [-0.3, -0.25) is 14.4 Å². The molecule has 136 valence electrons. The van der Waals surface area contributed by atoms with Crippen LogP contribution in [0, 0.1) is 11.8 Å². The number of nitrogens with one attached hydrogen (secondary N) is 2. The fourth-order valence-electron chi connectivity index (χ4n) is 3.26. The number of H-pyrrole nitrogens is 1. The van der Waals surface area contributed by atoms with Crippen molar-refractivity contribution >= 4 is 17.6 Å². The number of anilines is 1. The molecule has 0 bridgehead atoms. The molecule has 7 heteroatoms. The lowest BCUT2D eigenvalue weighted by Crippen LogP contribution is -2.21. The number of aryl methyl sites for hydroxylation is 1. The number of aromatic nitrogens is 2. The van der Waals surface area contributed by atoms with E-state index in [0.29, 0.717) is 48.5 Å². The number of carbonyl (C=O) groups excluding carboxylic acids is 1. The van der Waals surface area contributed by atoms with Crippen LogP contribution >= 0.6 is 0 Å². The zero-order valence-electron chi connectivity index (χ0n) is 14.5. The van der Waals surface area contributed by atoms with Gasteiger partial charge in [0.25, 0.3) is 5.56 Å². The van der Waals surface area contributed by atoms with Crippen molar-refractivity contribution in [3.05, 3.63) is 46.4 Å². The van der Waals surface area contributed by atoms with E-state index in [-0.39, 0.29) is 17.4 Å². The van der Waals surface area contributed by atoms with Crippen molar-refractivity contribution in [2.24, 2.45) is 11.8 Å². The van der Waals surface area contributed by atoms with Crippen molar-refractivity contribution in [2.75, 3.05) is 5.32 Å². The molecular formula is C19H21N3O4. The number of hydrogen-bond donors (Lipinski definition) is 3. The van der Waals surface area contributed by atoms with Gasteiger partial charge in [-0.25, -0.2) is 4.98 Å². The lowest BCUT2D eigenvalue weighted by atomic mass is 10.0. The van der Waals surface area contributed by atoms with Crippen LogP contribution in [0.5, 0.6) is 0 Å². The molecule has 3 N–H and O–H groups in total. The average Bonchev–Trinajstić information content (AvgIpc) is 3.12. The van der Waals surface area contributed by atoms with Crippen molar-refractivity contribution in [3.8, 4) is 11.4 Å². The largest absolute Gasteiger partial charge is 0.481 e. The first-order valence-electron chi connectivity index (χ1n) is 8.70. The minimum absolute atomic E-state index is 0.172. The lowest BCUT2D eigenvalue weighted by molar-refractivity contribution is -0.141. The molecule has 1 aromatic carbocycles. The third-order valence-corrected chi connectivity index (χ3v) is 4.71. The van der Waals surface area contributed by atoms with Crippen LogP contribution in [0.3, 0.4) is 0 Å². The molecule has 3 rings (SSSR count). The van der Waals surface area contributed by atoms with Crippen molar-refractivity contribution in [1.82, 2.24) is 9.97 Å². The number of carboxylic acid groups (broad SMARTS) is 1. The number of aliphatic carboxylic acids is 1. The van der Waals surface area contributed by atoms with Gasteiger partial charge in [0, 0.05) is 28.9 Å². The van der Waals surface area contributed by atoms with Crippen LogP contribution in [-0.2, 0) is 16.0 Å². The SMILES string of the molecule is CCc1cc(=O)[nH]c(-c2cccc(NC(=O)[C@@H]3CC[C@H](C(=O)O)C3)c2)n1. The predicted octanol–water partition coefficient (Wildman–Crippen LogP) is 2.44. The number of rotatable bonds is 5. The summed E-state index contributed by atoms with van der Waals surface area (Å²) in [7, 11) is 0. The molecule has 1 amide bonds. The Morgan fingerprint density at radius 2 is 2.04 bits per heavy atom. The van der Waals surface area contributed by atoms with E-state index in [2.05, 4.69) is 15.3 Å². The van der Waals surface area contributed by atoms with Gasteiger partial charge in [0.15, 0.2) is 0 Å². The number of nitrogens with zero attached hydrogens (tertiary/aromatic N) is 1. The summed E-state index contributed by atoms with van der Waals surface area (Å²) in [5.41, 5.74) is 1.77. The van der Waals surface area contributed by atoms with Crippen molar-refractivity contribution in [2.45, 2.75) is 32.6 Å². The van der Waals surface area contributed by atoms with Gasteiger partial charge in [-0.1, -0.05) is 19.1 Å². The second-order valence-corrected chi connectivity index (χ2v) is 6.55. The maximum Gasteiger partial charge on any atom is 0.306 e. The molecule has 1 saturated carbocycles. The molecule has 1 aliphatic rings. The van der Waals surface area contributed by atoms with Gasteiger partial charge in [0.1, 0.15) is 5.82 Å². The summed E-state index contributed by atoms with van der Waals surface area (Å²) in [6.45, 7) is 1.92. The van der Waals surface area contributed by atoms with Gasteiger partial charge in [0.05, 0.1) is 5.92 Å². The monoisotopic (exact) mass is 355 g/mol. The number of amides is 1. The van der Waals surface area contributed by atoms with Gasteiger partial charge < -0.3 is 15.4 Å². The fraction of sp³-hybridized carbons (Fsp3) is 0.368. The Bertz CT molecular complexity index is 890. The molecule has 1 heterocycles. The molecular weight excluding hydrogens is 334 g/mol. The third kappa shape index (κ3) is 3.99. The first kappa shape index (κ1) is 17.8. The summed E-state index contributed by atoms with van der Waals surface area (Å²) in [5, 5.41) is 11.9. The Balaban J connectivity index is 1.76. The zero-order valence-corrected chi connectivity index (χ0v) is 14.5. The third-order valence-electron chi connectivity index (χ3n) is 4.71. The van der Waals surface area contributed by atoms with Crippen molar-refractivity contribution < 1.29 is 14.7 Å². The van der Waals surface area contributed by atoms with Crippen LogP contribution in [0.25, 0.3) is 11.4 Å². The molecule has 0 unspecified atom stereocenters. The molecule has 0 spiro atoms. The number of benzene rings is 1. The predicted molar refractivity (Wildman–Crippen MR) is 96.8 cm³/mol. The smallest absolute Gasteiger partial charge is 0.306 e. The Morgan fingerprint density at radius 1 is 1.27 bits per heavy atom. The summed E-state index contributed by atoms with van der Waals surface area (Å²) in [6.07, 6.45) is 2.13. The van der Waals surface area contributed by atoms with Crippen LogP contribution in [0.1, 0.15) is 31.9 Å². The number of hydrogen-bond acceptors (Lipinski definition) is 4. The van der Waals surface area contributed by atoms with Crippen LogP contribution in [-0.4, -0.2) is 27.0 Å². The van der Waals surface area contributed by atoms with Gasteiger partial charge in [-0.2, -0.15) is 0 Å². The number of aromatic amines is 1. The van der Waals surface area contributed by atoms with Gasteiger partial charge in [-0.05, 0) is 37.8 Å². The molecule has 0 radical (unpaired) electrons. The topological polar surface area (TPSA) is 112 Å². The molecule has 2 atom stereocenters. The average molecular weight is 355 g/mol. The Hall–Kier alpha value is -2.96. The Labute approximate surface area is 150 Å². The molecule has 1 fully saturated rings. The van der Waals surface area contributed by atoms with E-state index in [0.717, 1.165) is 0 Å². The van der Waals surface area contributed by atoms with E-state index in [1.54, 1.807) is 18.2 Å². The second kappa shape index (κ2) is 7.51. The number of carbonyl (C=O) groups is 2. The first-order chi connectivity index (χ1) is 12.5. The van der Waals surface area contributed by atoms with E-state index < -0.39 is 11.9 Å². The molecule has 0 aliphatic heterocycles. The van der Waals surface area contributed by atoms with Crippen molar-refractivity contribution in [1.29, 1.82) is 0 Å². The van der Waals surface area contributed by atoms with Crippen LogP contribution in [0.2, 0.25) is 0 Å². The second-order valence-electron chi connectivity index (χ2n) is 6.55. The first-order valence-corrected chi connectivity index (χ1v) is 8.70. The molecule has 0 saturated heterocycles. The van der Waals surface area contributed by atoms with Crippen molar-refractivity contribution in [3.63, 3.8) is 0 Å². The minimum atomic E-state index is -0.840. The van der Waals surface area contributed by atoms with E-state index in [1.807, 2.05) is 13.0 Å². The standard InChI is InChI=1S/C19H21N3O4/c1-2-14-10-16(23)22-17(20-14)11-4-3-5-15(9-11)21-18(24)12-6-7-13(8-12)19(25)26/h3-5,9-10,12-13H,2,6-8H2,1H3,(H,21,24)(H,25,26)(H,20,22,23)/t12-,13+/m1/s1. The maximum absolute atomic E-state index is 12.4. The van der Waals surface area contributed by atoms with Crippen LogP contribution < -0.4 is 10.9 Å². The summed E-state index contributed by atoms with van der Waals surface area (Å²) in [6, 6.07) is 8.56. The van der Waals surface area contributed by atoms with Crippen LogP contribution in [0.15, 0.2) is 35.1 Å². The molecule has 26 heavy (non-hydrogen) atoms. The van der Waals surface area contributed by atoms with Gasteiger partial charge in [0.2, 0.25) is 5.91 Å². The van der Waals surface area contributed by atoms with E-state index in [9.17, 15) is 14.4 Å². The highest BCUT2D eigenvalue weighted by atomic mass is 16.4. The summed E-state index contributed by atoms with van der Waals surface area (Å²) in [5.74, 6) is -1.29. The summed E-state index contributed by atoms with van der Waals surface area (Å²) < 4.78 is 0. The van der Waals surface area contributed by atoms with E-state index >= 15 is 0 Å².